The molecule has 1 N–H and O–H groups in total. The molecule has 1 aromatic rings. The number of likely N-dealkylation sites (N-methyl/N-ethyl adjacent to an activating group) is 1. The molecule has 2 nitrogen and oxygen atoms in total. The summed E-state index contributed by atoms with van der Waals surface area (Å²) in [6.07, 6.45) is 3.80. The topological polar surface area (TPSA) is 15.3 Å². The van der Waals surface area contributed by atoms with Crippen LogP contribution >= 0.6 is 0 Å². The third-order valence-corrected chi connectivity index (χ3v) is 4.61. The lowest BCUT2D eigenvalue weighted by Crippen LogP contribution is -2.47. The van der Waals surface area contributed by atoms with E-state index in [1.54, 1.807) is 0 Å². The third kappa shape index (κ3) is 4.07. The van der Waals surface area contributed by atoms with Gasteiger partial charge in [0, 0.05) is 12.0 Å². The Morgan fingerprint density at radius 2 is 1.80 bits per heavy atom. The summed E-state index contributed by atoms with van der Waals surface area (Å²) in [4.78, 5) is 2.54. The second kappa shape index (κ2) is 7.24. The monoisotopic (exact) mass is 274 g/mol. The van der Waals surface area contributed by atoms with Crippen molar-refractivity contribution < 1.29 is 0 Å². The maximum Gasteiger partial charge on any atom is 0.0104 e. The number of nitrogens with one attached hydrogen (secondary N) is 1. The van der Waals surface area contributed by atoms with Gasteiger partial charge in [-0.05, 0) is 57.4 Å². The van der Waals surface area contributed by atoms with Crippen LogP contribution in [0.3, 0.4) is 0 Å². The molecule has 2 rings (SSSR count). The molecule has 1 fully saturated rings. The van der Waals surface area contributed by atoms with Crippen LogP contribution in [-0.4, -0.2) is 38.1 Å². The quantitative estimate of drug-likeness (QED) is 0.856. The van der Waals surface area contributed by atoms with Gasteiger partial charge in [-0.3, -0.25) is 0 Å². The van der Waals surface area contributed by atoms with Crippen molar-refractivity contribution in [1.29, 1.82) is 0 Å². The van der Waals surface area contributed by atoms with E-state index in [0.29, 0.717) is 5.41 Å². The van der Waals surface area contributed by atoms with E-state index in [1.165, 1.54) is 37.9 Å². The van der Waals surface area contributed by atoms with Crippen LogP contribution in [0.15, 0.2) is 30.3 Å². The number of hydrogen-bond acceptors (Lipinski definition) is 2. The van der Waals surface area contributed by atoms with Crippen molar-refractivity contribution in [2.24, 2.45) is 5.92 Å². The minimum atomic E-state index is 0.345. The fourth-order valence-corrected chi connectivity index (χ4v) is 3.31. The zero-order valence-corrected chi connectivity index (χ0v) is 13.4. The highest BCUT2D eigenvalue weighted by atomic mass is 15.1. The van der Waals surface area contributed by atoms with Crippen LogP contribution in [0.25, 0.3) is 0 Å². The summed E-state index contributed by atoms with van der Waals surface area (Å²) in [5.41, 5.74) is 1.87. The van der Waals surface area contributed by atoms with Crippen LogP contribution in [0.4, 0.5) is 0 Å². The van der Waals surface area contributed by atoms with E-state index in [0.717, 1.165) is 19.0 Å². The predicted octanol–water partition coefficient (Wildman–Crippen LogP) is 3.29. The van der Waals surface area contributed by atoms with Gasteiger partial charge in [-0.2, -0.15) is 0 Å². The molecule has 1 heterocycles. The van der Waals surface area contributed by atoms with Crippen LogP contribution in [-0.2, 0) is 5.41 Å². The molecule has 112 valence electrons. The number of rotatable bonds is 6. The van der Waals surface area contributed by atoms with Crippen LogP contribution in [0.2, 0.25) is 0 Å². The smallest absolute Gasteiger partial charge is 0.0104 e. The van der Waals surface area contributed by atoms with Gasteiger partial charge in [-0.25, -0.2) is 0 Å². The SMILES string of the molecule is CC(C)CCN(C)CC1(c2ccccc2)CCNCC1. The number of benzene rings is 1. The number of nitrogens with zero attached hydrogens (tertiary/aromatic N) is 1. The van der Waals surface area contributed by atoms with Crippen LogP contribution in [0, 0.1) is 5.92 Å². The van der Waals surface area contributed by atoms with E-state index in [4.69, 9.17) is 0 Å². The maximum atomic E-state index is 3.51. The Kier molecular flexibility index (Phi) is 5.62. The fourth-order valence-electron chi connectivity index (χ4n) is 3.31. The molecule has 1 aliphatic rings. The first-order valence-corrected chi connectivity index (χ1v) is 8.07. The Labute approximate surface area is 124 Å². The van der Waals surface area contributed by atoms with Crippen molar-refractivity contribution in [2.45, 2.75) is 38.5 Å². The first-order valence-electron chi connectivity index (χ1n) is 8.07. The molecule has 0 saturated carbocycles. The minimum Gasteiger partial charge on any atom is -0.317 e. The number of piperidine rings is 1. The van der Waals surface area contributed by atoms with Gasteiger partial charge in [0.15, 0.2) is 0 Å². The van der Waals surface area contributed by atoms with E-state index in [9.17, 15) is 0 Å². The fraction of sp³-hybridized carbons (Fsp3) is 0.667. The molecule has 1 aromatic carbocycles. The summed E-state index contributed by atoms with van der Waals surface area (Å²) in [7, 11) is 2.29. The molecule has 0 radical (unpaired) electrons. The molecule has 1 aliphatic heterocycles. The molecule has 0 atom stereocenters. The normalized spacial score (nSPS) is 18.6. The first kappa shape index (κ1) is 15.5. The zero-order valence-electron chi connectivity index (χ0n) is 13.4. The van der Waals surface area contributed by atoms with E-state index < -0.39 is 0 Å². The Balaban J connectivity index is 2.07. The predicted molar refractivity (Wildman–Crippen MR) is 87.2 cm³/mol. The summed E-state index contributed by atoms with van der Waals surface area (Å²) in [5, 5.41) is 3.51. The summed E-state index contributed by atoms with van der Waals surface area (Å²) in [6, 6.07) is 11.1. The number of hydrogen-bond donors (Lipinski definition) is 1. The second-order valence-corrected chi connectivity index (χ2v) is 6.82. The average molecular weight is 274 g/mol. The molecule has 1 saturated heterocycles. The molecule has 0 aromatic heterocycles. The van der Waals surface area contributed by atoms with Crippen molar-refractivity contribution in [3.63, 3.8) is 0 Å². The Hall–Kier alpha value is -0.860. The largest absolute Gasteiger partial charge is 0.317 e. The lowest BCUT2D eigenvalue weighted by Gasteiger charge is -2.41. The highest BCUT2D eigenvalue weighted by molar-refractivity contribution is 5.27. The first-order chi connectivity index (χ1) is 9.62. The van der Waals surface area contributed by atoms with E-state index in [2.05, 4.69) is 61.4 Å². The van der Waals surface area contributed by atoms with Gasteiger partial charge in [0.2, 0.25) is 0 Å². The van der Waals surface area contributed by atoms with Gasteiger partial charge in [-0.1, -0.05) is 44.2 Å². The third-order valence-electron chi connectivity index (χ3n) is 4.61. The lowest BCUT2D eigenvalue weighted by atomic mass is 9.73. The van der Waals surface area contributed by atoms with Gasteiger partial charge in [0.25, 0.3) is 0 Å². The zero-order chi connectivity index (χ0) is 14.4. The Morgan fingerprint density at radius 3 is 2.40 bits per heavy atom. The van der Waals surface area contributed by atoms with Gasteiger partial charge in [0.1, 0.15) is 0 Å². The maximum absolute atomic E-state index is 3.51. The minimum absolute atomic E-state index is 0.345. The second-order valence-electron chi connectivity index (χ2n) is 6.82. The molecule has 0 amide bonds. The molecule has 2 heteroatoms. The average Bonchev–Trinajstić information content (AvgIpc) is 2.47. The standard InChI is InChI=1S/C18H30N2/c1-16(2)9-14-20(3)15-18(10-12-19-13-11-18)17-7-5-4-6-8-17/h4-8,16,19H,9-15H2,1-3H3. The molecule has 20 heavy (non-hydrogen) atoms. The van der Waals surface area contributed by atoms with Crippen molar-refractivity contribution in [3.8, 4) is 0 Å². The molecule has 0 spiro atoms. The van der Waals surface area contributed by atoms with Crippen molar-refractivity contribution in [1.82, 2.24) is 10.2 Å². The van der Waals surface area contributed by atoms with Crippen molar-refractivity contribution >= 4 is 0 Å². The summed E-state index contributed by atoms with van der Waals surface area (Å²) >= 11 is 0. The van der Waals surface area contributed by atoms with Gasteiger partial charge in [0.05, 0.1) is 0 Å². The van der Waals surface area contributed by atoms with E-state index in [-0.39, 0.29) is 0 Å². The van der Waals surface area contributed by atoms with Crippen molar-refractivity contribution in [3.05, 3.63) is 35.9 Å². The molecule has 0 bridgehead atoms. The van der Waals surface area contributed by atoms with Gasteiger partial charge in [-0.15, -0.1) is 0 Å². The lowest BCUT2D eigenvalue weighted by molar-refractivity contribution is 0.194. The van der Waals surface area contributed by atoms with Crippen LogP contribution in [0.5, 0.6) is 0 Å². The van der Waals surface area contributed by atoms with Gasteiger partial charge >= 0.3 is 0 Å². The molecular formula is C18H30N2. The molecule has 0 aliphatic carbocycles. The highest BCUT2D eigenvalue weighted by Crippen LogP contribution is 2.34. The van der Waals surface area contributed by atoms with Crippen molar-refractivity contribution in [2.75, 3.05) is 33.2 Å². The summed E-state index contributed by atoms with van der Waals surface area (Å²) < 4.78 is 0. The Morgan fingerprint density at radius 1 is 1.15 bits per heavy atom. The summed E-state index contributed by atoms with van der Waals surface area (Å²) in [6.45, 7) is 9.31. The molecule has 0 unspecified atom stereocenters. The van der Waals surface area contributed by atoms with Gasteiger partial charge < -0.3 is 10.2 Å². The van der Waals surface area contributed by atoms with E-state index >= 15 is 0 Å². The molecular weight excluding hydrogens is 244 g/mol. The summed E-state index contributed by atoms with van der Waals surface area (Å²) in [5.74, 6) is 0.790. The Bertz CT molecular complexity index is 380. The van der Waals surface area contributed by atoms with Crippen LogP contribution < -0.4 is 5.32 Å². The highest BCUT2D eigenvalue weighted by Gasteiger charge is 2.34. The van der Waals surface area contributed by atoms with E-state index in [1.807, 2.05) is 0 Å². The van der Waals surface area contributed by atoms with Crippen LogP contribution in [0.1, 0.15) is 38.7 Å².